The van der Waals surface area contributed by atoms with Crippen LogP contribution >= 0.6 is 0 Å². The summed E-state index contributed by atoms with van der Waals surface area (Å²) in [6.07, 6.45) is 0.322. The van der Waals surface area contributed by atoms with E-state index in [4.69, 9.17) is 15.9 Å². The summed E-state index contributed by atoms with van der Waals surface area (Å²) in [6, 6.07) is 6.63. The van der Waals surface area contributed by atoms with Gasteiger partial charge in [-0.05, 0) is 30.7 Å². The first kappa shape index (κ1) is 18.2. The number of nitrogens with one attached hydrogen (secondary N) is 2. The third kappa shape index (κ3) is 4.68. The molecule has 1 aliphatic rings. The number of amides is 1. The Labute approximate surface area is 141 Å². The van der Waals surface area contributed by atoms with Crippen LogP contribution in [0.5, 0.6) is 0 Å². The molecule has 0 aromatic heterocycles. The first-order chi connectivity index (χ1) is 11.3. The van der Waals surface area contributed by atoms with Gasteiger partial charge in [0.15, 0.2) is 0 Å². The average Bonchev–Trinajstić information content (AvgIpc) is 2.92. The molecular formula is C15H22N4O4S. The fourth-order valence-corrected chi connectivity index (χ4v) is 3.54. The highest BCUT2D eigenvalue weighted by atomic mass is 32.2. The number of nitrogen functional groups attached to an aromatic ring is 1. The summed E-state index contributed by atoms with van der Waals surface area (Å²) in [7, 11) is -3.34. The number of nitrogens with two attached hydrogens (primary N) is 1. The van der Waals surface area contributed by atoms with Gasteiger partial charge in [-0.1, -0.05) is 13.3 Å². The van der Waals surface area contributed by atoms with Crippen LogP contribution in [0, 0.1) is 5.41 Å². The maximum Gasteiger partial charge on any atom is 0.414 e. The highest BCUT2D eigenvalue weighted by molar-refractivity contribution is 7.89. The molecule has 1 atom stereocenters. The van der Waals surface area contributed by atoms with Crippen molar-refractivity contribution in [1.82, 2.24) is 4.72 Å². The first-order valence-electron chi connectivity index (χ1n) is 7.72. The summed E-state index contributed by atoms with van der Waals surface area (Å²) in [6.45, 7) is 2.23. The zero-order chi connectivity index (χ0) is 17.7. The Hall–Kier alpha value is -2.13. The largest absolute Gasteiger partial charge is 0.443 e. The van der Waals surface area contributed by atoms with Crippen molar-refractivity contribution in [3.05, 3.63) is 29.8 Å². The Morgan fingerprint density at radius 2 is 2.08 bits per heavy atom. The van der Waals surface area contributed by atoms with Crippen molar-refractivity contribution in [2.24, 2.45) is 5.73 Å². The molecule has 1 aliphatic heterocycles. The summed E-state index contributed by atoms with van der Waals surface area (Å²) in [5.41, 5.74) is 6.57. The minimum Gasteiger partial charge on any atom is -0.443 e. The molecule has 0 radical (unpaired) electrons. The van der Waals surface area contributed by atoms with Gasteiger partial charge in [-0.15, -0.1) is 0 Å². The van der Waals surface area contributed by atoms with E-state index in [1.807, 2.05) is 6.92 Å². The molecule has 1 aromatic rings. The van der Waals surface area contributed by atoms with Gasteiger partial charge in [0.2, 0.25) is 10.0 Å². The van der Waals surface area contributed by atoms with Crippen LogP contribution in [0.4, 0.5) is 10.5 Å². The molecule has 0 spiro atoms. The number of ether oxygens (including phenoxy) is 1. The quantitative estimate of drug-likeness (QED) is 0.474. The number of hydrogen-bond acceptors (Lipinski definition) is 5. The van der Waals surface area contributed by atoms with E-state index in [1.165, 1.54) is 4.90 Å². The van der Waals surface area contributed by atoms with Gasteiger partial charge in [0.05, 0.1) is 12.3 Å². The molecule has 2 rings (SSSR count). The van der Waals surface area contributed by atoms with Gasteiger partial charge in [0.25, 0.3) is 0 Å². The Bertz CT molecular complexity index is 703. The molecule has 0 saturated carbocycles. The number of carbonyl (C=O) groups is 1. The van der Waals surface area contributed by atoms with Crippen molar-refractivity contribution in [2.45, 2.75) is 25.9 Å². The Morgan fingerprint density at radius 3 is 2.67 bits per heavy atom. The normalized spacial score (nSPS) is 17.8. The van der Waals surface area contributed by atoms with Gasteiger partial charge in [-0.2, -0.15) is 0 Å². The molecule has 1 amide bonds. The number of rotatable bonds is 8. The van der Waals surface area contributed by atoms with E-state index in [-0.39, 0.29) is 24.7 Å². The van der Waals surface area contributed by atoms with E-state index < -0.39 is 22.2 Å². The lowest BCUT2D eigenvalue weighted by Crippen LogP contribution is -2.35. The number of sulfonamides is 1. The average molecular weight is 354 g/mol. The summed E-state index contributed by atoms with van der Waals surface area (Å²) in [5.74, 6) is 0.0188. The van der Waals surface area contributed by atoms with Gasteiger partial charge in [-0.3, -0.25) is 10.3 Å². The number of anilines is 1. The lowest BCUT2D eigenvalue weighted by Gasteiger charge is -2.13. The summed E-state index contributed by atoms with van der Waals surface area (Å²) in [4.78, 5) is 13.4. The Kier molecular flexibility index (Phi) is 5.79. The second-order valence-electron chi connectivity index (χ2n) is 5.60. The van der Waals surface area contributed by atoms with Crippen LogP contribution in [-0.4, -0.2) is 45.3 Å². The Balaban J connectivity index is 1.94. The van der Waals surface area contributed by atoms with E-state index in [0.29, 0.717) is 17.7 Å². The molecule has 1 unspecified atom stereocenters. The van der Waals surface area contributed by atoms with Crippen LogP contribution in [0.1, 0.15) is 25.3 Å². The van der Waals surface area contributed by atoms with Crippen LogP contribution in [0.2, 0.25) is 0 Å². The standard InChI is InChI=1S/C15H22N4O4S/c1-2-3-8-24(21,22)18-9-13-10-19(15(20)23-13)12-6-4-11(5-7-12)14(16)17/h4-7,13,18H,2-3,8-10H2,1H3,(H3,16,17). The monoisotopic (exact) mass is 354 g/mol. The van der Waals surface area contributed by atoms with Crippen molar-refractivity contribution in [3.8, 4) is 0 Å². The predicted molar refractivity (Wildman–Crippen MR) is 91.8 cm³/mol. The number of cyclic esters (lactones) is 1. The fraction of sp³-hybridized carbons (Fsp3) is 0.467. The van der Waals surface area contributed by atoms with E-state index in [1.54, 1.807) is 24.3 Å². The van der Waals surface area contributed by atoms with Crippen LogP contribution < -0.4 is 15.4 Å². The summed E-state index contributed by atoms with van der Waals surface area (Å²) < 4.78 is 31.2. The fourth-order valence-electron chi connectivity index (χ4n) is 2.29. The van der Waals surface area contributed by atoms with Crippen molar-refractivity contribution < 1.29 is 17.9 Å². The molecule has 1 aromatic carbocycles. The molecule has 132 valence electrons. The molecule has 0 aliphatic carbocycles. The summed E-state index contributed by atoms with van der Waals surface area (Å²) in [5, 5.41) is 7.36. The molecule has 1 saturated heterocycles. The zero-order valence-corrected chi connectivity index (χ0v) is 14.3. The number of amidine groups is 1. The van der Waals surface area contributed by atoms with E-state index in [0.717, 1.165) is 6.42 Å². The van der Waals surface area contributed by atoms with Crippen molar-refractivity contribution in [3.63, 3.8) is 0 Å². The molecule has 24 heavy (non-hydrogen) atoms. The number of hydrogen-bond donors (Lipinski definition) is 3. The second kappa shape index (κ2) is 7.63. The minimum atomic E-state index is -3.34. The number of nitrogens with zero attached hydrogens (tertiary/aromatic N) is 1. The van der Waals surface area contributed by atoms with Crippen molar-refractivity contribution in [1.29, 1.82) is 5.41 Å². The molecule has 1 fully saturated rings. The van der Waals surface area contributed by atoms with Crippen LogP contribution in [0.15, 0.2) is 24.3 Å². The molecule has 4 N–H and O–H groups in total. The number of benzene rings is 1. The number of carbonyl (C=O) groups excluding carboxylic acids is 1. The number of unbranched alkanes of at least 4 members (excludes halogenated alkanes) is 1. The SMILES string of the molecule is CCCCS(=O)(=O)NCC1CN(c2ccc(C(=N)N)cc2)C(=O)O1. The van der Waals surface area contributed by atoms with Gasteiger partial charge >= 0.3 is 6.09 Å². The lowest BCUT2D eigenvalue weighted by atomic mass is 10.2. The Morgan fingerprint density at radius 1 is 1.42 bits per heavy atom. The van der Waals surface area contributed by atoms with Gasteiger partial charge < -0.3 is 10.5 Å². The maximum atomic E-state index is 12.0. The first-order valence-corrected chi connectivity index (χ1v) is 9.37. The van der Waals surface area contributed by atoms with E-state index >= 15 is 0 Å². The van der Waals surface area contributed by atoms with Crippen molar-refractivity contribution >= 4 is 27.6 Å². The molecular weight excluding hydrogens is 332 g/mol. The zero-order valence-electron chi connectivity index (χ0n) is 13.5. The third-order valence-corrected chi connectivity index (χ3v) is 5.09. The summed E-state index contributed by atoms with van der Waals surface area (Å²) >= 11 is 0. The van der Waals surface area contributed by atoms with Gasteiger partial charge in [-0.25, -0.2) is 17.9 Å². The molecule has 0 bridgehead atoms. The van der Waals surface area contributed by atoms with Gasteiger partial charge in [0, 0.05) is 17.8 Å². The molecule has 9 heteroatoms. The second-order valence-corrected chi connectivity index (χ2v) is 7.52. The smallest absolute Gasteiger partial charge is 0.414 e. The topological polar surface area (TPSA) is 126 Å². The third-order valence-electron chi connectivity index (χ3n) is 3.66. The van der Waals surface area contributed by atoms with Crippen molar-refractivity contribution in [2.75, 3.05) is 23.7 Å². The van der Waals surface area contributed by atoms with E-state index in [2.05, 4.69) is 4.72 Å². The lowest BCUT2D eigenvalue weighted by molar-refractivity contribution is 0.143. The van der Waals surface area contributed by atoms with Crippen LogP contribution in [0.25, 0.3) is 0 Å². The molecule has 8 nitrogen and oxygen atoms in total. The van der Waals surface area contributed by atoms with E-state index in [9.17, 15) is 13.2 Å². The molecule has 1 heterocycles. The highest BCUT2D eigenvalue weighted by Gasteiger charge is 2.32. The minimum absolute atomic E-state index is 0.0510. The maximum absolute atomic E-state index is 12.0. The predicted octanol–water partition coefficient (Wildman–Crippen LogP) is 1.02. The van der Waals surface area contributed by atoms with Gasteiger partial charge in [0.1, 0.15) is 11.9 Å². The van der Waals surface area contributed by atoms with Crippen LogP contribution in [0.3, 0.4) is 0 Å². The van der Waals surface area contributed by atoms with Crippen LogP contribution in [-0.2, 0) is 14.8 Å². The highest BCUT2D eigenvalue weighted by Crippen LogP contribution is 2.22.